The number of carbonyl (C=O) groups excluding carboxylic acids is 1. The summed E-state index contributed by atoms with van der Waals surface area (Å²) in [6, 6.07) is 0. The molecule has 2 atom stereocenters. The number of hydrogen-bond acceptors (Lipinski definition) is 4. The Labute approximate surface area is 119 Å². The van der Waals surface area contributed by atoms with Crippen molar-refractivity contribution in [1.29, 1.82) is 0 Å². The largest absolute Gasteiger partial charge is 0.490 e. The Morgan fingerprint density at radius 2 is 1.75 bits per heavy atom. The molecule has 2 N–H and O–H groups in total. The van der Waals surface area contributed by atoms with Gasteiger partial charge in [0.25, 0.3) is 0 Å². The van der Waals surface area contributed by atoms with Gasteiger partial charge in [0, 0.05) is 30.4 Å². The minimum absolute atomic E-state index is 0.0757. The summed E-state index contributed by atoms with van der Waals surface area (Å²) in [5.74, 6) is 1.76. The molecule has 0 bridgehead atoms. The van der Waals surface area contributed by atoms with Gasteiger partial charge in [0.15, 0.2) is 5.78 Å². The molecule has 3 rings (SSSR count). The first kappa shape index (κ1) is 13.4. The van der Waals surface area contributed by atoms with Crippen LogP contribution in [0.15, 0.2) is 0 Å². The molecule has 0 amide bonds. The van der Waals surface area contributed by atoms with Crippen LogP contribution in [0, 0.1) is 6.92 Å². The van der Waals surface area contributed by atoms with Crippen molar-refractivity contribution >= 4 is 5.78 Å². The first-order chi connectivity index (χ1) is 9.52. The second kappa shape index (κ2) is 4.77. The average Bonchev–Trinajstić information content (AvgIpc) is 2.93. The van der Waals surface area contributed by atoms with Crippen LogP contribution >= 0.6 is 0 Å². The second-order valence-corrected chi connectivity index (χ2v) is 5.84. The molecule has 0 radical (unpaired) electrons. The first-order valence-electron chi connectivity index (χ1n) is 7.27. The molecule has 108 valence electrons. The summed E-state index contributed by atoms with van der Waals surface area (Å²) < 4.78 is 11.9. The van der Waals surface area contributed by atoms with E-state index in [1.54, 1.807) is 0 Å². The predicted octanol–water partition coefficient (Wildman–Crippen LogP) is 2.17. The van der Waals surface area contributed by atoms with Crippen LogP contribution in [0.1, 0.15) is 47.3 Å². The predicted molar refractivity (Wildman–Crippen MR) is 76.8 cm³/mol. The highest BCUT2D eigenvalue weighted by Crippen LogP contribution is 2.46. The molecule has 0 saturated heterocycles. The molecule has 1 aromatic rings. The van der Waals surface area contributed by atoms with Crippen molar-refractivity contribution in [2.45, 2.75) is 52.2 Å². The summed E-state index contributed by atoms with van der Waals surface area (Å²) >= 11 is 0. The maximum atomic E-state index is 12.5. The lowest BCUT2D eigenvalue weighted by molar-refractivity contribution is 0.0980. The number of carbonyl (C=O) groups is 1. The second-order valence-electron chi connectivity index (χ2n) is 5.84. The summed E-state index contributed by atoms with van der Waals surface area (Å²) in [5.41, 5.74) is 9.55. The van der Waals surface area contributed by atoms with Gasteiger partial charge in [0.2, 0.25) is 0 Å². The van der Waals surface area contributed by atoms with E-state index in [0.717, 1.165) is 46.6 Å². The van der Waals surface area contributed by atoms with Gasteiger partial charge in [-0.05, 0) is 32.9 Å². The number of benzene rings is 1. The van der Waals surface area contributed by atoms with Crippen molar-refractivity contribution < 1.29 is 14.3 Å². The number of ketones is 1. The topological polar surface area (TPSA) is 61.6 Å². The van der Waals surface area contributed by atoms with E-state index in [0.29, 0.717) is 13.0 Å². The van der Waals surface area contributed by atoms with Crippen LogP contribution in [0.2, 0.25) is 0 Å². The Morgan fingerprint density at radius 3 is 2.40 bits per heavy atom. The highest BCUT2D eigenvalue weighted by molar-refractivity contribution is 6.02. The molecule has 4 heteroatoms. The lowest BCUT2D eigenvalue weighted by Gasteiger charge is -2.15. The van der Waals surface area contributed by atoms with Crippen molar-refractivity contribution in [2.75, 3.05) is 6.54 Å². The van der Waals surface area contributed by atoms with Crippen molar-refractivity contribution in [3.63, 3.8) is 0 Å². The minimum atomic E-state index is 0.0757. The Balaban J connectivity index is 2.20. The highest BCUT2D eigenvalue weighted by Gasteiger charge is 2.36. The summed E-state index contributed by atoms with van der Waals surface area (Å²) in [7, 11) is 0. The van der Waals surface area contributed by atoms with E-state index in [9.17, 15) is 4.79 Å². The highest BCUT2D eigenvalue weighted by atomic mass is 16.5. The quantitative estimate of drug-likeness (QED) is 0.859. The third-order valence-corrected chi connectivity index (χ3v) is 4.14. The van der Waals surface area contributed by atoms with Crippen LogP contribution in [0.3, 0.4) is 0 Å². The Bertz CT molecular complexity index is 541. The summed E-state index contributed by atoms with van der Waals surface area (Å²) in [6.45, 7) is 6.49. The summed E-state index contributed by atoms with van der Waals surface area (Å²) in [4.78, 5) is 12.5. The maximum absolute atomic E-state index is 12.5. The van der Waals surface area contributed by atoms with Crippen molar-refractivity contribution in [3.05, 3.63) is 22.3 Å². The number of rotatable bonds is 3. The van der Waals surface area contributed by atoms with Gasteiger partial charge in [-0.25, -0.2) is 0 Å². The third-order valence-electron chi connectivity index (χ3n) is 4.14. The van der Waals surface area contributed by atoms with Crippen LogP contribution in [0.4, 0.5) is 0 Å². The Kier molecular flexibility index (Phi) is 3.21. The van der Waals surface area contributed by atoms with Crippen LogP contribution in [0.5, 0.6) is 11.5 Å². The number of Topliss-reactive ketones (excluding diaryl/α,β-unsaturated/α-hetero) is 1. The Hall–Kier alpha value is -1.55. The third kappa shape index (κ3) is 1.90. The molecule has 1 aromatic carbocycles. The van der Waals surface area contributed by atoms with Crippen LogP contribution in [0.25, 0.3) is 0 Å². The SMILES string of the molecule is Cc1c2c(c(C(=O)CCN)c3c1OC(C)C3)OC(C)C2. The molecule has 0 spiro atoms. The molecule has 0 saturated carbocycles. The number of ether oxygens (including phenoxy) is 2. The van der Waals surface area contributed by atoms with E-state index in [4.69, 9.17) is 15.2 Å². The zero-order valence-corrected chi connectivity index (χ0v) is 12.3. The number of hydrogen-bond donors (Lipinski definition) is 1. The Morgan fingerprint density at radius 1 is 1.15 bits per heavy atom. The molecule has 0 aliphatic carbocycles. The van der Waals surface area contributed by atoms with E-state index in [2.05, 4.69) is 6.92 Å². The molecule has 2 heterocycles. The summed E-state index contributed by atoms with van der Waals surface area (Å²) in [5, 5.41) is 0. The number of nitrogens with two attached hydrogens (primary N) is 1. The molecule has 2 aliphatic heterocycles. The average molecular weight is 275 g/mol. The zero-order valence-electron chi connectivity index (χ0n) is 12.3. The molecule has 4 nitrogen and oxygen atoms in total. The smallest absolute Gasteiger partial charge is 0.168 e. The van der Waals surface area contributed by atoms with Crippen LogP contribution < -0.4 is 15.2 Å². The van der Waals surface area contributed by atoms with Gasteiger partial charge in [-0.3, -0.25) is 4.79 Å². The zero-order chi connectivity index (χ0) is 14.4. The fraction of sp³-hybridized carbons (Fsp3) is 0.562. The lowest BCUT2D eigenvalue weighted by atomic mass is 9.91. The maximum Gasteiger partial charge on any atom is 0.168 e. The van der Waals surface area contributed by atoms with Crippen molar-refractivity contribution in [1.82, 2.24) is 0 Å². The normalized spacial score (nSPS) is 23.0. The first-order valence-corrected chi connectivity index (χ1v) is 7.27. The minimum Gasteiger partial charge on any atom is -0.490 e. The van der Waals surface area contributed by atoms with Crippen molar-refractivity contribution in [3.8, 4) is 11.5 Å². The molecule has 0 fully saturated rings. The van der Waals surface area contributed by atoms with Crippen LogP contribution in [-0.2, 0) is 12.8 Å². The van der Waals surface area contributed by atoms with Crippen LogP contribution in [-0.4, -0.2) is 24.5 Å². The molecule has 20 heavy (non-hydrogen) atoms. The van der Waals surface area contributed by atoms with E-state index in [1.165, 1.54) is 0 Å². The monoisotopic (exact) mass is 275 g/mol. The molecule has 2 aliphatic rings. The standard InChI is InChI=1S/C16H21NO3/c1-8-6-11-10(3)15-12(7-9(2)19-15)14(16(11)20-8)13(18)4-5-17/h8-9H,4-7,17H2,1-3H3. The van der Waals surface area contributed by atoms with Crippen molar-refractivity contribution in [2.24, 2.45) is 5.73 Å². The molecular weight excluding hydrogens is 254 g/mol. The van der Waals surface area contributed by atoms with Gasteiger partial charge in [-0.15, -0.1) is 0 Å². The fourth-order valence-electron chi connectivity index (χ4n) is 3.28. The van der Waals surface area contributed by atoms with Gasteiger partial charge in [0.1, 0.15) is 23.7 Å². The van der Waals surface area contributed by atoms with E-state index < -0.39 is 0 Å². The van der Waals surface area contributed by atoms with Gasteiger partial charge in [-0.2, -0.15) is 0 Å². The lowest BCUT2D eigenvalue weighted by Crippen LogP contribution is -2.13. The molecule has 0 aromatic heterocycles. The summed E-state index contributed by atoms with van der Waals surface area (Å²) in [6.07, 6.45) is 2.21. The molecular formula is C16H21NO3. The van der Waals surface area contributed by atoms with E-state index >= 15 is 0 Å². The van der Waals surface area contributed by atoms with Gasteiger partial charge in [-0.1, -0.05) is 0 Å². The fourth-order valence-corrected chi connectivity index (χ4v) is 3.28. The van der Waals surface area contributed by atoms with Gasteiger partial charge < -0.3 is 15.2 Å². The van der Waals surface area contributed by atoms with Gasteiger partial charge in [0.05, 0.1) is 5.56 Å². The number of fused-ring (bicyclic) bond motifs is 2. The molecule has 2 unspecified atom stereocenters. The van der Waals surface area contributed by atoms with E-state index in [-0.39, 0.29) is 18.0 Å². The van der Waals surface area contributed by atoms with Gasteiger partial charge >= 0.3 is 0 Å². The van der Waals surface area contributed by atoms with E-state index in [1.807, 2.05) is 13.8 Å².